The number of pyridine rings is 1. The van der Waals surface area contributed by atoms with Gasteiger partial charge in [0.25, 0.3) is 5.91 Å². The van der Waals surface area contributed by atoms with Gasteiger partial charge in [-0.3, -0.25) is 14.7 Å². The lowest BCUT2D eigenvalue weighted by molar-refractivity contribution is -0.119. The third kappa shape index (κ3) is 4.86. The van der Waals surface area contributed by atoms with Crippen LogP contribution >= 0.6 is 11.6 Å². The average Bonchev–Trinajstić information content (AvgIpc) is 3.76. The van der Waals surface area contributed by atoms with Gasteiger partial charge in [-0.15, -0.1) is 5.10 Å². The van der Waals surface area contributed by atoms with E-state index in [1.54, 1.807) is 10.7 Å². The van der Waals surface area contributed by atoms with E-state index >= 15 is 0 Å². The maximum atomic E-state index is 13.6. The first-order chi connectivity index (χ1) is 17.2. The standard InChI is InChI=1S/C25H31ClN8O2/c1-12(2)34-18(11-27-33-34)24(35)30-22(21(15-5-6-15)16-7-8-16)25(36)29-19-10-9-17(23(26)28-19)20-13(3)31-32-14(20)4/h9-12,15-16,21-22H,5-8H2,1-4H3,(H,30,35)(H,31,32)(H,28,29,36)/t22-/m0/s1. The molecule has 2 aliphatic rings. The van der Waals surface area contributed by atoms with Gasteiger partial charge in [0.2, 0.25) is 5.91 Å². The molecule has 0 saturated heterocycles. The van der Waals surface area contributed by atoms with Crippen LogP contribution in [0.3, 0.4) is 0 Å². The lowest BCUT2D eigenvalue weighted by Crippen LogP contribution is -2.50. The highest BCUT2D eigenvalue weighted by Crippen LogP contribution is 2.51. The molecule has 3 aromatic heterocycles. The monoisotopic (exact) mass is 510 g/mol. The van der Waals surface area contributed by atoms with Gasteiger partial charge in [-0.25, -0.2) is 9.67 Å². The molecule has 0 bridgehead atoms. The predicted molar refractivity (Wildman–Crippen MR) is 136 cm³/mol. The molecular weight excluding hydrogens is 480 g/mol. The van der Waals surface area contributed by atoms with E-state index in [0.717, 1.165) is 48.2 Å². The molecule has 3 heterocycles. The summed E-state index contributed by atoms with van der Waals surface area (Å²) in [6, 6.07) is 2.84. The largest absolute Gasteiger partial charge is 0.339 e. The number of nitrogens with zero attached hydrogens (tertiary/aromatic N) is 5. The topological polar surface area (TPSA) is 130 Å². The fourth-order valence-corrected chi connectivity index (χ4v) is 5.32. The molecule has 36 heavy (non-hydrogen) atoms. The smallest absolute Gasteiger partial charge is 0.271 e. The molecule has 0 unspecified atom stereocenters. The van der Waals surface area contributed by atoms with Gasteiger partial charge in [-0.05, 0) is 83.3 Å². The van der Waals surface area contributed by atoms with Crippen LogP contribution in [0.4, 0.5) is 5.82 Å². The summed E-state index contributed by atoms with van der Waals surface area (Å²) >= 11 is 6.52. The summed E-state index contributed by atoms with van der Waals surface area (Å²) in [5, 5.41) is 21.3. The summed E-state index contributed by atoms with van der Waals surface area (Å²) in [5.41, 5.74) is 3.69. The van der Waals surface area contributed by atoms with Crippen LogP contribution < -0.4 is 10.6 Å². The normalized spacial score (nSPS) is 16.4. The molecule has 190 valence electrons. The molecule has 0 aliphatic heterocycles. The van der Waals surface area contributed by atoms with Crippen molar-refractivity contribution in [3.63, 3.8) is 0 Å². The quantitative estimate of drug-likeness (QED) is 0.372. The Morgan fingerprint density at radius 2 is 1.83 bits per heavy atom. The van der Waals surface area contributed by atoms with E-state index in [9.17, 15) is 9.59 Å². The van der Waals surface area contributed by atoms with Gasteiger partial charge in [0.15, 0.2) is 0 Å². The van der Waals surface area contributed by atoms with Crippen molar-refractivity contribution >= 4 is 29.2 Å². The highest BCUT2D eigenvalue weighted by Gasteiger charge is 2.48. The molecule has 0 aromatic carbocycles. The summed E-state index contributed by atoms with van der Waals surface area (Å²) in [6.45, 7) is 7.68. The number of aromatic nitrogens is 6. The van der Waals surface area contributed by atoms with Crippen molar-refractivity contribution in [3.8, 4) is 11.1 Å². The Morgan fingerprint density at radius 3 is 2.39 bits per heavy atom. The van der Waals surface area contributed by atoms with Gasteiger partial charge in [0.05, 0.1) is 11.9 Å². The third-order valence-corrected chi connectivity index (χ3v) is 7.37. The van der Waals surface area contributed by atoms with Crippen LogP contribution in [-0.2, 0) is 4.79 Å². The molecule has 2 saturated carbocycles. The fourth-order valence-electron chi connectivity index (χ4n) is 5.07. The second-order valence-electron chi connectivity index (χ2n) is 10.2. The van der Waals surface area contributed by atoms with Crippen LogP contribution in [0.2, 0.25) is 5.15 Å². The Bertz CT molecular complexity index is 1260. The summed E-state index contributed by atoms with van der Waals surface area (Å²) < 4.78 is 1.56. The van der Waals surface area contributed by atoms with Crippen LogP contribution in [-0.4, -0.2) is 48.0 Å². The Balaban J connectivity index is 1.39. The maximum Gasteiger partial charge on any atom is 0.271 e. The lowest BCUT2D eigenvalue weighted by atomic mass is 9.88. The first kappa shape index (κ1) is 24.4. The summed E-state index contributed by atoms with van der Waals surface area (Å²) in [7, 11) is 0. The van der Waals surface area contributed by atoms with Gasteiger partial charge in [0, 0.05) is 22.9 Å². The van der Waals surface area contributed by atoms with Crippen molar-refractivity contribution in [1.29, 1.82) is 0 Å². The molecule has 3 N–H and O–H groups in total. The number of nitrogens with one attached hydrogen (secondary N) is 3. The first-order valence-corrected chi connectivity index (χ1v) is 12.8. The lowest BCUT2D eigenvalue weighted by Gasteiger charge is -2.27. The van der Waals surface area contributed by atoms with Crippen LogP contribution in [0.1, 0.15) is 67.4 Å². The maximum absolute atomic E-state index is 13.6. The summed E-state index contributed by atoms with van der Waals surface area (Å²) in [4.78, 5) is 31.3. The Hall–Kier alpha value is -3.27. The number of anilines is 1. The number of carbonyl (C=O) groups excluding carboxylic acids is 2. The molecule has 11 heteroatoms. The van der Waals surface area contributed by atoms with Gasteiger partial charge in [-0.1, -0.05) is 16.8 Å². The average molecular weight is 511 g/mol. The van der Waals surface area contributed by atoms with Gasteiger partial charge >= 0.3 is 0 Å². The molecule has 0 radical (unpaired) electrons. The number of hydrogen-bond donors (Lipinski definition) is 3. The van der Waals surface area contributed by atoms with Gasteiger partial charge < -0.3 is 10.6 Å². The highest BCUT2D eigenvalue weighted by molar-refractivity contribution is 6.32. The van der Waals surface area contributed by atoms with Crippen molar-refractivity contribution in [2.75, 3.05) is 5.32 Å². The van der Waals surface area contributed by atoms with E-state index in [4.69, 9.17) is 11.6 Å². The van der Waals surface area contributed by atoms with Gasteiger partial charge in [0.1, 0.15) is 22.7 Å². The number of carbonyl (C=O) groups is 2. The number of rotatable bonds is 9. The van der Waals surface area contributed by atoms with Crippen LogP contribution in [0.25, 0.3) is 11.1 Å². The molecule has 2 fully saturated rings. The molecular formula is C25H31ClN8O2. The minimum atomic E-state index is -0.688. The number of aromatic amines is 1. The Morgan fingerprint density at radius 1 is 1.14 bits per heavy atom. The molecule has 10 nitrogen and oxygen atoms in total. The van der Waals surface area contributed by atoms with Crippen LogP contribution in [0.15, 0.2) is 18.3 Å². The highest BCUT2D eigenvalue weighted by atomic mass is 35.5. The zero-order valence-electron chi connectivity index (χ0n) is 20.9. The van der Waals surface area contributed by atoms with Gasteiger partial charge in [-0.2, -0.15) is 5.10 Å². The van der Waals surface area contributed by atoms with Crippen molar-refractivity contribution in [3.05, 3.63) is 40.6 Å². The molecule has 1 atom stereocenters. The predicted octanol–water partition coefficient (Wildman–Crippen LogP) is 4.09. The molecule has 5 rings (SSSR count). The van der Waals surface area contributed by atoms with E-state index in [1.807, 2.05) is 33.8 Å². The van der Waals surface area contributed by atoms with Crippen LogP contribution in [0, 0.1) is 31.6 Å². The minimum absolute atomic E-state index is 0.0319. The number of halogens is 1. The summed E-state index contributed by atoms with van der Waals surface area (Å²) in [5.74, 6) is 0.657. The van der Waals surface area contributed by atoms with E-state index in [-0.39, 0.29) is 28.9 Å². The van der Waals surface area contributed by atoms with Crippen molar-refractivity contribution < 1.29 is 9.59 Å². The number of hydrogen-bond acceptors (Lipinski definition) is 6. The summed E-state index contributed by atoms with van der Waals surface area (Å²) in [6.07, 6.45) is 5.75. The molecule has 3 aromatic rings. The molecule has 2 amide bonds. The Labute approximate surface area is 214 Å². The molecule has 0 spiro atoms. The van der Waals surface area contributed by atoms with Crippen molar-refractivity contribution in [1.82, 2.24) is 35.5 Å². The number of aryl methyl sites for hydroxylation is 2. The zero-order chi connectivity index (χ0) is 25.6. The minimum Gasteiger partial charge on any atom is -0.339 e. The zero-order valence-corrected chi connectivity index (χ0v) is 21.6. The van der Waals surface area contributed by atoms with E-state index < -0.39 is 6.04 Å². The van der Waals surface area contributed by atoms with E-state index in [2.05, 4.69) is 36.1 Å². The van der Waals surface area contributed by atoms with E-state index in [0.29, 0.717) is 23.3 Å². The van der Waals surface area contributed by atoms with Crippen molar-refractivity contribution in [2.45, 2.75) is 65.5 Å². The van der Waals surface area contributed by atoms with E-state index in [1.165, 1.54) is 6.20 Å². The number of H-pyrrole nitrogens is 1. The second kappa shape index (κ2) is 9.65. The number of amides is 2. The third-order valence-electron chi connectivity index (χ3n) is 7.08. The first-order valence-electron chi connectivity index (χ1n) is 12.4. The SMILES string of the molecule is Cc1n[nH]c(C)c1-c1ccc(NC(=O)[C@@H](NC(=O)c2cnnn2C(C)C)C(C2CC2)C2CC2)nc1Cl. The van der Waals surface area contributed by atoms with Crippen molar-refractivity contribution in [2.24, 2.45) is 17.8 Å². The van der Waals surface area contributed by atoms with Crippen LogP contribution in [0.5, 0.6) is 0 Å². The Kier molecular flexibility index (Phi) is 6.55. The molecule has 2 aliphatic carbocycles. The fraction of sp³-hybridized carbons (Fsp3) is 0.520. The second-order valence-corrected chi connectivity index (χ2v) is 10.6.